The van der Waals surface area contributed by atoms with Crippen LogP contribution >= 0.6 is 0 Å². The fourth-order valence-corrected chi connectivity index (χ4v) is 3.46. The lowest BCUT2D eigenvalue weighted by molar-refractivity contribution is 0.0196. The lowest BCUT2D eigenvalue weighted by Crippen LogP contribution is -2.38. The van der Waals surface area contributed by atoms with Crippen LogP contribution in [-0.2, 0) is 17.7 Å². The molecule has 2 aliphatic rings. The molecule has 0 radical (unpaired) electrons. The Labute approximate surface area is 137 Å². The summed E-state index contributed by atoms with van der Waals surface area (Å²) >= 11 is 0. The molecule has 0 bridgehead atoms. The van der Waals surface area contributed by atoms with Gasteiger partial charge in [0.25, 0.3) is 0 Å². The lowest BCUT2D eigenvalue weighted by atomic mass is 10.0. The zero-order valence-corrected chi connectivity index (χ0v) is 13.4. The number of likely N-dealkylation sites (tertiary alicyclic amines) is 1. The van der Waals surface area contributed by atoms with Gasteiger partial charge in [0, 0.05) is 43.7 Å². The first-order chi connectivity index (χ1) is 11.4. The smallest absolute Gasteiger partial charge is 0.0947 e. The molecule has 2 aromatic heterocycles. The highest BCUT2D eigenvalue weighted by Gasteiger charge is 2.36. The van der Waals surface area contributed by atoms with Crippen LogP contribution < -0.4 is 0 Å². The van der Waals surface area contributed by atoms with Gasteiger partial charge in [-0.15, -0.1) is 0 Å². The van der Waals surface area contributed by atoms with Crippen LogP contribution in [0.1, 0.15) is 30.4 Å². The highest BCUT2D eigenvalue weighted by Crippen LogP contribution is 2.32. The van der Waals surface area contributed by atoms with Crippen molar-refractivity contribution in [2.45, 2.75) is 44.4 Å². The summed E-state index contributed by atoms with van der Waals surface area (Å²) < 4.78 is 11.5. The number of nitrogens with zero attached hydrogens (tertiary/aromatic N) is 2. The van der Waals surface area contributed by atoms with Crippen molar-refractivity contribution in [2.24, 2.45) is 5.92 Å². The number of furan rings is 1. The number of aromatic nitrogens is 1. The van der Waals surface area contributed by atoms with Crippen molar-refractivity contribution in [1.82, 2.24) is 9.88 Å². The summed E-state index contributed by atoms with van der Waals surface area (Å²) in [5, 5.41) is 0. The van der Waals surface area contributed by atoms with E-state index in [1.165, 1.54) is 24.0 Å². The summed E-state index contributed by atoms with van der Waals surface area (Å²) in [6, 6.07) is 6.73. The third kappa shape index (κ3) is 3.82. The molecule has 2 fully saturated rings. The van der Waals surface area contributed by atoms with Crippen molar-refractivity contribution in [1.29, 1.82) is 0 Å². The highest BCUT2D eigenvalue weighted by atomic mass is 16.5. The molecule has 3 heterocycles. The fraction of sp³-hybridized carbons (Fsp3) is 0.526. The predicted octanol–water partition coefficient (Wildman–Crippen LogP) is 3.29. The molecule has 1 saturated heterocycles. The lowest BCUT2D eigenvalue weighted by Gasteiger charge is -2.28. The normalized spacial score (nSPS) is 25.0. The van der Waals surface area contributed by atoms with Gasteiger partial charge in [0.15, 0.2) is 0 Å². The first-order valence-electron chi connectivity index (χ1n) is 8.64. The minimum absolute atomic E-state index is 0.343. The van der Waals surface area contributed by atoms with Crippen LogP contribution in [0.15, 0.2) is 47.5 Å². The Morgan fingerprint density at radius 1 is 1.13 bits per heavy atom. The summed E-state index contributed by atoms with van der Waals surface area (Å²) in [4.78, 5) is 6.67. The molecule has 2 aromatic rings. The second-order valence-electron chi connectivity index (χ2n) is 6.83. The van der Waals surface area contributed by atoms with Crippen molar-refractivity contribution in [3.63, 3.8) is 0 Å². The van der Waals surface area contributed by atoms with Crippen LogP contribution in [0.3, 0.4) is 0 Å². The summed E-state index contributed by atoms with van der Waals surface area (Å²) in [5.41, 5.74) is 2.58. The van der Waals surface area contributed by atoms with Gasteiger partial charge in [-0.05, 0) is 55.4 Å². The molecular weight excluding hydrogens is 288 g/mol. The van der Waals surface area contributed by atoms with E-state index in [1.807, 2.05) is 18.7 Å². The van der Waals surface area contributed by atoms with E-state index in [4.69, 9.17) is 9.15 Å². The molecule has 1 aliphatic heterocycles. The second-order valence-corrected chi connectivity index (χ2v) is 6.83. The van der Waals surface area contributed by atoms with Crippen LogP contribution in [0, 0.1) is 5.92 Å². The maximum absolute atomic E-state index is 6.28. The standard InChI is InChI=1S/C19H24N2O2/c1-2-16(1)14-23-19-5-9-21(12-17-6-10-22-13-17)18(19)11-15-3-7-20-8-4-15/h3-4,6-8,10,13,16,18-19H,1-2,5,9,11-12,14H2/t18-,19-/m1/s1. The molecule has 1 saturated carbocycles. The number of ether oxygens (including phenoxy) is 1. The minimum Gasteiger partial charge on any atom is -0.472 e. The molecule has 122 valence electrons. The molecule has 23 heavy (non-hydrogen) atoms. The maximum Gasteiger partial charge on any atom is 0.0947 e. The molecule has 0 spiro atoms. The highest BCUT2D eigenvalue weighted by molar-refractivity contribution is 5.14. The van der Waals surface area contributed by atoms with Gasteiger partial charge >= 0.3 is 0 Å². The minimum atomic E-state index is 0.343. The first kappa shape index (κ1) is 14.9. The van der Waals surface area contributed by atoms with E-state index in [1.54, 1.807) is 6.26 Å². The SMILES string of the molecule is c1cc(C[C@@H]2[C@H](OCC3CC3)CCN2Cc2ccoc2)ccn1. The molecule has 0 aromatic carbocycles. The van der Waals surface area contributed by atoms with Gasteiger partial charge in [-0.1, -0.05) is 0 Å². The van der Waals surface area contributed by atoms with E-state index in [9.17, 15) is 0 Å². The number of pyridine rings is 1. The van der Waals surface area contributed by atoms with Gasteiger partial charge in [-0.2, -0.15) is 0 Å². The molecule has 1 aliphatic carbocycles. The Hall–Kier alpha value is -1.65. The summed E-state index contributed by atoms with van der Waals surface area (Å²) in [7, 11) is 0. The molecular formula is C19H24N2O2. The molecule has 0 amide bonds. The quantitative estimate of drug-likeness (QED) is 0.786. The van der Waals surface area contributed by atoms with Crippen LogP contribution in [0.2, 0.25) is 0 Å². The first-order valence-corrected chi connectivity index (χ1v) is 8.64. The molecule has 2 atom stereocenters. The fourth-order valence-electron chi connectivity index (χ4n) is 3.46. The van der Waals surface area contributed by atoms with Crippen LogP contribution in [0.5, 0.6) is 0 Å². The van der Waals surface area contributed by atoms with Gasteiger partial charge in [0.1, 0.15) is 0 Å². The van der Waals surface area contributed by atoms with Gasteiger partial charge in [0.05, 0.1) is 18.6 Å². The third-order valence-electron chi connectivity index (χ3n) is 5.00. The monoisotopic (exact) mass is 312 g/mol. The van der Waals surface area contributed by atoms with Crippen molar-refractivity contribution in [3.8, 4) is 0 Å². The average molecular weight is 312 g/mol. The number of rotatable bonds is 7. The Morgan fingerprint density at radius 3 is 2.74 bits per heavy atom. The Kier molecular flexibility index (Phi) is 4.44. The van der Waals surface area contributed by atoms with Crippen molar-refractivity contribution in [3.05, 3.63) is 54.2 Å². The van der Waals surface area contributed by atoms with Crippen LogP contribution in [0.4, 0.5) is 0 Å². The zero-order valence-electron chi connectivity index (χ0n) is 13.4. The predicted molar refractivity (Wildman–Crippen MR) is 87.9 cm³/mol. The van der Waals surface area contributed by atoms with E-state index < -0.39 is 0 Å². The van der Waals surface area contributed by atoms with Crippen molar-refractivity contribution >= 4 is 0 Å². The topological polar surface area (TPSA) is 38.5 Å². The summed E-state index contributed by atoms with van der Waals surface area (Å²) in [6.07, 6.45) is 12.6. The van der Waals surface area contributed by atoms with Crippen molar-refractivity contribution in [2.75, 3.05) is 13.2 Å². The Morgan fingerprint density at radius 2 is 2.00 bits per heavy atom. The molecule has 0 unspecified atom stereocenters. The molecule has 4 rings (SSSR count). The van der Waals surface area contributed by atoms with E-state index in [-0.39, 0.29) is 0 Å². The van der Waals surface area contributed by atoms with E-state index in [0.717, 1.165) is 38.5 Å². The van der Waals surface area contributed by atoms with Gasteiger partial charge in [-0.3, -0.25) is 9.88 Å². The Bertz CT molecular complexity index is 595. The maximum atomic E-state index is 6.28. The van der Waals surface area contributed by atoms with Crippen molar-refractivity contribution < 1.29 is 9.15 Å². The van der Waals surface area contributed by atoms with E-state index in [2.05, 4.69) is 28.1 Å². The molecule has 0 N–H and O–H groups in total. The zero-order chi connectivity index (χ0) is 15.5. The third-order valence-corrected chi connectivity index (χ3v) is 5.00. The average Bonchev–Trinajstić information content (AvgIpc) is 3.13. The second kappa shape index (κ2) is 6.85. The van der Waals surface area contributed by atoms with Gasteiger partial charge in [0.2, 0.25) is 0 Å². The molecule has 4 heteroatoms. The number of hydrogen-bond acceptors (Lipinski definition) is 4. The molecule has 4 nitrogen and oxygen atoms in total. The summed E-state index contributed by atoms with van der Waals surface area (Å²) in [6.45, 7) is 2.98. The number of hydrogen-bond donors (Lipinski definition) is 0. The van der Waals surface area contributed by atoms with Gasteiger partial charge < -0.3 is 9.15 Å². The Balaban J connectivity index is 1.45. The van der Waals surface area contributed by atoms with Crippen LogP contribution in [-0.4, -0.2) is 35.2 Å². The van der Waals surface area contributed by atoms with Gasteiger partial charge in [-0.25, -0.2) is 0 Å². The van der Waals surface area contributed by atoms with E-state index in [0.29, 0.717) is 12.1 Å². The largest absolute Gasteiger partial charge is 0.472 e. The van der Waals surface area contributed by atoms with Crippen LogP contribution in [0.25, 0.3) is 0 Å². The summed E-state index contributed by atoms with van der Waals surface area (Å²) in [5.74, 6) is 0.819. The van der Waals surface area contributed by atoms with E-state index >= 15 is 0 Å².